The molecule has 88 valence electrons. The van der Waals surface area contributed by atoms with Gasteiger partial charge in [0.2, 0.25) is 0 Å². The van der Waals surface area contributed by atoms with Crippen molar-refractivity contribution in [3.63, 3.8) is 0 Å². The highest BCUT2D eigenvalue weighted by molar-refractivity contribution is 9.10. The first-order valence-electron chi connectivity index (χ1n) is 5.60. The van der Waals surface area contributed by atoms with Crippen LogP contribution in [0.15, 0.2) is 47.2 Å². The van der Waals surface area contributed by atoms with Crippen molar-refractivity contribution in [3.8, 4) is 0 Å². The largest absolute Gasteiger partial charge is 0.377 e. The molecule has 2 aromatic rings. The molecule has 1 atom stereocenters. The summed E-state index contributed by atoms with van der Waals surface area (Å²) in [4.78, 5) is 4.19. The van der Waals surface area contributed by atoms with Crippen LogP contribution in [0.4, 0.5) is 5.69 Å². The van der Waals surface area contributed by atoms with Crippen molar-refractivity contribution >= 4 is 21.6 Å². The van der Waals surface area contributed by atoms with Gasteiger partial charge in [0.15, 0.2) is 0 Å². The Bertz CT molecular complexity index is 477. The van der Waals surface area contributed by atoms with Gasteiger partial charge in [-0.3, -0.25) is 0 Å². The molecule has 0 amide bonds. The molecule has 17 heavy (non-hydrogen) atoms. The van der Waals surface area contributed by atoms with E-state index >= 15 is 0 Å². The standard InChI is InChI=1S/C14H15BrN2/c1-10-3-5-12(6-4-10)11(2)17-13-7-8-14(15)16-9-13/h3-9,11,17H,1-2H3. The van der Waals surface area contributed by atoms with Crippen LogP contribution < -0.4 is 5.32 Å². The van der Waals surface area contributed by atoms with Crippen LogP contribution in [0, 0.1) is 6.92 Å². The van der Waals surface area contributed by atoms with Crippen molar-refractivity contribution in [2.45, 2.75) is 19.9 Å². The number of aromatic nitrogens is 1. The summed E-state index contributed by atoms with van der Waals surface area (Å²) >= 11 is 3.33. The van der Waals surface area contributed by atoms with Gasteiger partial charge in [0.05, 0.1) is 11.9 Å². The molecule has 1 unspecified atom stereocenters. The zero-order valence-electron chi connectivity index (χ0n) is 9.94. The first-order valence-corrected chi connectivity index (χ1v) is 6.39. The summed E-state index contributed by atoms with van der Waals surface area (Å²) in [5, 5.41) is 3.42. The highest BCUT2D eigenvalue weighted by Gasteiger charge is 2.04. The van der Waals surface area contributed by atoms with Crippen LogP contribution in [0.25, 0.3) is 0 Å². The summed E-state index contributed by atoms with van der Waals surface area (Å²) in [7, 11) is 0. The van der Waals surface area contributed by atoms with E-state index in [0.717, 1.165) is 10.3 Å². The number of nitrogens with zero attached hydrogens (tertiary/aromatic N) is 1. The Morgan fingerprint density at radius 3 is 2.41 bits per heavy atom. The fraction of sp³-hybridized carbons (Fsp3) is 0.214. The SMILES string of the molecule is Cc1ccc(C(C)Nc2ccc(Br)nc2)cc1. The molecular formula is C14H15BrN2. The van der Waals surface area contributed by atoms with Gasteiger partial charge in [-0.15, -0.1) is 0 Å². The summed E-state index contributed by atoms with van der Waals surface area (Å²) in [5.41, 5.74) is 3.59. The molecule has 0 fully saturated rings. The topological polar surface area (TPSA) is 24.9 Å². The normalized spacial score (nSPS) is 12.2. The molecule has 1 N–H and O–H groups in total. The molecule has 2 nitrogen and oxygen atoms in total. The number of halogens is 1. The minimum Gasteiger partial charge on any atom is -0.377 e. The van der Waals surface area contributed by atoms with E-state index in [4.69, 9.17) is 0 Å². The molecule has 0 bridgehead atoms. The quantitative estimate of drug-likeness (QED) is 0.852. The average molecular weight is 291 g/mol. The molecule has 0 spiro atoms. The van der Waals surface area contributed by atoms with E-state index in [1.54, 1.807) is 0 Å². The maximum Gasteiger partial charge on any atom is 0.106 e. The Hall–Kier alpha value is -1.35. The molecule has 1 aromatic carbocycles. The lowest BCUT2D eigenvalue weighted by atomic mass is 10.1. The van der Waals surface area contributed by atoms with Gasteiger partial charge in [0, 0.05) is 6.04 Å². The van der Waals surface area contributed by atoms with Crippen molar-refractivity contribution in [2.24, 2.45) is 0 Å². The summed E-state index contributed by atoms with van der Waals surface area (Å²) in [6.45, 7) is 4.24. The van der Waals surface area contributed by atoms with E-state index in [-0.39, 0.29) is 6.04 Å². The van der Waals surface area contributed by atoms with E-state index in [1.807, 2.05) is 18.3 Å². The predicted octanol–water partition coefficient (Wildman–Crippen LogP) is 4.33. The van der Waals surface area contributed by atoms with Crippen molar-refractivity contribution in [2.75, 3.05) is 5.32 Å². The second-order valence-electron chi connectivity index (χ2n) is 4.15. The molecule has 2 rings (SSSR count). The molecule has 3 heteroatoms. The summed E-state index contributed by atoms with van der Waals surface area (Å²) in [5.74, 6) is 0. The molecule has 0 aliphatic rings. The van der Waals surface area contributed by atoms with Crippen LogP contribution >= 0.6 is 15.9 Å². The van der Waals surface area contributed by atoms with E-state index < -0.39 is 0 Å². The van der Waals surface area contributed by atoms with Gasteiger partial charge in [0.1, 0.15) is 4.60 Å². The molecule has 0 saturated carbocycles. The maximum atomic E-state index is 4.19. The van der Waals surface area contributed by atoms with Gasteiger partial charge in [0.25, 0.3) is 0 Å². The van der Waals surface area contributed by atoms with Crippen molar-refractivity contribution in [1.82, 2.24) is 4.98 Å². The third kappa shape index (κ3) is 3.30. The first kappa shape index (κ1) is 12.1. The zero-order valence-corrected chi connectivity index (χ0v) is 11.5. The first-order chi connectivity index (χ1) is 8.15. The smallest absolute Gasteiger partial charge is 0.106 e. The van der Waals surface area contributed by atoms with E-state index in [0.29, 0.717) is 0 Å². The summed E-state index contributed by atoms with van der Waals surface area (Å²) < 4.78 is 0.853. The molecule has 0 aliphatic carbocycles. The van der Waals surface area contributed by atoms with E-state index in [9.17, 15) is 0 Å². The van der Waals surface area contributed by atoms with E-state index in [2.05, 4.69) is 64.3 Å². The number of benzene rings is 1. The van der Waals surface area contributed by atoms with Crippen LogP contribution in [-0.4, -0.2) is 4.98 Å². The molecule has 0 aliphatic heterocycles. The van der Waals surface area contributed by atoms with Crippen molar-refractivity contribution in [1.29, 1.82) is 0 Å². The fourth-order valence-electron chi connectivity index (χ4n) is 1.65. The van der Waals surface area contributed by atoms with E-state index in [1.165, 1.54) is 11.1 Å². The Morgan fingerprint density at radius 2 is 1.82 bits per heavy atom. The number of rotatable bonds is 3. The lowest BCUT2D eigenvalue weighted by Gasteiger charge is -2.15. The second-order valence-corrected chi connectivity index (χ2v) is 4.96. The van der Waals surface area contributed by atoms with Gasteiger partial charge in [-0.2, -0.15) is 0 Å². The lowest BCUT2D eigenvalue weighted by Crippen LogP contribution is -2.06. The number of anilines is 1. The van der Waals surface area contributed by atoms with Crippen LogP contribution in [0.1, 0.15) is 24.1 Å². The summed E-state index contributed by atoms with van der Waals surface area (Å²) in [6, 6.07) is 12.8. The second kappa shape index (κ2) is 5.32. The highest BCUT2D eigenvalue weighted by atomic mass is 79.9. The minimum absolute atomic E-state index is 0.276. The Balaban J connectivity index is 2.08. The Morgan fingerprint density at radius 1 is 1.12 bits per heavy atom. The minimum atomic E-state index is 0.276. The molecule has 0 saturated heterocycles. The number of aryl methyl sites for hydroxylation is 1. The number of hydrogen-bond donors (Lipinski definition) is 1. The predicted molar refractivity (Wildman–Crippen MR) is 75.2 cm³/mol. The van der Waals surface area contributed by atoms with Crippen LogP contribution in [0.3, 0.4) is 0 Å². The fourth-order valence-corrected chi connectivity index (χ4v) is 1.88. The van der Waals surface area contributed by atoms with Gasteiger partial charge in [-0.1, -0.05) is 29.8 Å². The third-order valence-electron chi connectivity index (χ3n) is 2.69. The van der Waals surface area contributed by atoms with Gasteiger partial charge >= 0.3 is 0 Å². The number of hydrogen-bond acceptors (Lipinski definition) is 2. The van der Waals surface area contributed by atoms with Gasteiger partial charge < -0.3 is 5.32 Å². The Labute approximate surface area is 110 Å². The molecule has 1 heterocycles. The molecule has 0 radical (unpaired) electrons. The maximum absolute atomic E-state index is 4.19. The van der Waals surface area contributed by atoms with Crippen molar-refractivity contribution < 1.29 is 0 Å². The summed E-state index contributed by atoms with van der Waals surface area (Å²) in [6.07, 6.45) is 1.83. The average Bonchev–Trinajstić information content (AvgIpc) is 2.33. The van der Waals surface area contributed by atoms with Gasteiger partial charge in [-0.05, 0) is 47.5 Å². The van der Waals surface area contributed by atoms with Crippen LogP contribution in [-0.2, 0) is 0 Å². The van der Waals surface area contributed by atoms with Crippen molar-refractivity contribution in [3.05, 3.63) is 58.3 Å². The molecule has 1 aromatic heterocycles. The number of nitrogens with one attached hydrogen (secondary N) is 1. The highest BCUT2D eigenvalue weighted by Crippen LogP contribution is 2.19. The van der Waals surface area contributed by atoms with Crippen LogP contribution in [0.2, 0.25) is 0 Å². The van der Waals surface area contributed by atoms with Gasteiger partial charge in [-0.25, -0.2) is 4.98 Å². The monoisotopic (exact) mass is 290 g/mol. The molecular weight excluding hydrogens is 276 g/mol. The number of pyridine rings is 1. The third-order valence-corrected chi connectivity index (χ3v) is 3.16. The lowest BCUT2D eigenvalue weighted by molar-refractivity contribution is 0.882. The zero-order chi connectivity index (χ0) is 12.3. The van der Waals surface area contributed by atoms with Crippen LogP contribution in [0.5, 0.6) is 0 Å². The Kier molecular flexibility index (Phi) is 3.79.